The minimum atomic E-state index is -0.0225. The smallest absolute Gasteiger partial charge is 0.200 e. The van der Waals surface area contributed by atoms with Crippen LogP contribution < -0.4 is 4.74 Å². The van der Waals surface area contributed by atoms with Crippen molar-refractivity contribution < 1.29 is 9.53 Å². The number of hydrogen-bond donors (Lipinski definition) is 0. The summed E-state index contributed by atoms with van der Waals surface area (Å²) in [7, 11) is 0. The lowest BCUT2D eigenvalue weighted by Gasteiger charge is -2.08. The van der Waals surface area contributed by atoms with E-state index >= 15 is 0 Å². The Morgan fingerprint density at radius 2 is 1.76 bits per heavy atom. The molecule has 0 bridgehead atoms. The van der Waals surface area contributed by atoms with Crippen molar-refractivity contribution in [2.75, 3.05) is 6.61 Å². The molecule has 2 aromatic carbocycles. The Morgan fingerprint density at radius 3 is 2.38 bits per heavy atom. The average Bonchev–Trinajstić information content (AvgIpc) is 2.53. The minimum absolute atomic E-state index is 0.0225. The molecule has 2 nitrogen and oxygen atoms in total. The number of Topliss-reactive ketones (excluding diaryl/α,β-unsaturated/α-hetero) is 1. The van der Waals surface area contributed by atoms with Crippen LogP contribution in [-0.4, -0.2) is 12.4 Å². The van der Waals surface area contributed by atoms with Crippen LogP contribution in [0.15, 0.2) is 42.5 Å². The number of hydrogen-bond acceptors (Lipinski definition) is 2. The van der Waals surface area contributed by atoms with Crippen molar-refractivity contribution >= 4 is 17.4 Å². The van der Waals surface area contributed by atoms with Gasteiger partial charge >= 0.3 is 0 Å². The molecule has 3 heteroatoms. The highest BCUT2D eigenvalue weighted by Gasteiger charge is 2.08. The van der Waals surface area contributed by atoms with E-state index in [0.29, 0.717) is 11.3 Å². The summed E-state index contributed by atoms with van der Waals surface area (Å²) in [5.74, 6) is 0.653. The summed E-state index contributed by atoms with van der Waals surface area (Å²) in [5.41, 5.74) is 2.92. The number of halogens is 1. The molecule has 110 valence electrons. The third-order valence-electron chi connectivity index (χ3n) is 3.45. The fourth-order valence-electron chi connectivity index (χ4n) is 2.07. The number of ether oxygens (including phenoxy) is 1. The van der Waals surface area contributed by atoms with Crippen molar-refractivity contribution in [1.29, 1.82) is 0 Å². The fraction of sp³-hybridized carbons (Fsp3) is 0.278. The summed E-state index contributed by atoms with van der Waals surface area (Å²) in [4.78, 5) is 12.1. The van der Waals surface area contributed by atoms with Gasteiger partial charge in [-0.05, 0) is 42.2 Å². The van der Waals surface area contributed by atoms with Crippen LogP contribution in [0.5, 0.6) is 5.75 Å². The first kappa shape index (κ1) is 15.6. The molecule has 0 spiro atoms. The minimum Gasteiger partial charge on any atom is -0.485 e. The van der Waals surface area contributed by atoms with Crippen LogP contribution in [0.4, 0.5) is 0 Å². The zero-order valence-electron chi connectivity index (χ0n) is 12.4. The van der Waals surface area contributed by atoms with E-state index in [9.17, 15) is 4.79 Å². The molecule has 2 aromatic rings. The SMILES string of the molecule is CCc1ccc(C(=O)COc2ccc(Cl)c(CC)c2)cc1. The Kier molecular flexibility index (Phi) is 5.40. The summed E-state index contributed by atoms with van der Waals surface area (Å²) in [5, 5.41) is 0.728. The monoisotopic (exact) mass is 302 g/mol. The topological polar surface area (TPSA) is 26.3 Å². The van der Waals surface area contributed by atoms with Gasteiger partial charge in [-0.3, -0.25) is 4.79 Å². The van der Waals surface area contributed by atoms with Crippen molar-refractivity contribution in [2.45, 2.75) is 26.7 Å². The van der Waals surface area contributed by atoms with Gasteiger partial charge in [0.05, 0.1) is 0 Å². The van der Waals surface area contributed by atoms with Crippen LogP contribution in [0.3, 0.4) is 0 Å². The molecule has 0 aromatic heterocycles. The van der Waals surface area contributed by atoms with Crippen LogP contribution in [0.25, 0.3) is 0 Å². The van der Waals surface area contributed by atoms with E-state index in [1.807, 2.05) is 37.3 Å². The highest BCUT2D eigenvalue weighted by atomic mass is 35.5. The largest absolute Gasteiger partial charge is 0.485 e. The van der Waals surface area contributed by atoms with Gasteiger partial charge in [0, 0.05) is 10.6 Å². The molecule has 0 N–H and O–H groups in total. The van der Waals surface area contributed by atoms with E-state index < -0.39 is 0 Å². The summed E-state index contributed by atoms with van der Waals surface area (Å²) in [6.45, 7) is 4.16. The second-order valence-corrected chi connectivity index (χ2v) is 5.28. The maximum absolute atomic E-state index is 12.1. The highest BCUT2D eigenvalue weighted by Crippen LogP contribution is 2.22. The van der Waals surface area contributed by atoms with Crippen LogP contribution >= 0.6 is 11.6 Å². The molecule has 0 aliphatic carbocycles. The molecule has 0 radical (unpaired) electrons. The van der Waals surface area contributed by atoms with Crippen molar-refractivity contribution in [3.8, 4) is 5.75 Å². The molecule has 0 amide bonds. The highest BCUT2D eigenvalue weighted by molar-refractivity contribution is 6.31. The molecular weight excluding hydrogens is 284 g/mol. The van der Waals surface area contributed by atoms with Crippen molar-refractivity contribution in [2.24, 2.45) is 0 Å². The quantitative estimate of drug-likeness (QED) is 0.721. The lowest BCUT2D eigenvalue weighted by Crippen LogP contribution is -2.11. The average molecular weight is 303 g/mol. The van der Waals surface area contributed by atoms with E-state index in [1.165, 1.54) is 5.56 Å². The van der Waals surface area contributed by atoms with Crippen LogP contribution in [-0.2, 0) is 12.8 Å². The van der Waals surface area contributed by atoms with Crippen molar-refractivity contribution in [1.82, 2.24) is 0 Å². The zero-order valence-corrected chi connectivity index (χ0v) is 13.1. The zero-order chi connectivity index (χ0) is 15.2. The van der Waals surface area contributed by atoms with E-state index in [-0.39, 0.29) is 12.4 Å². The maximum Gasteiger partial charge on any atom is 0.200 e. The van der Waals surface area contributed by atoms with Crippen LogP contribution in [0, 0.1) is 0 Å². The number of benzene rings is 2. The summed E-state index contributed by atoms with van der Waals surface area (Å²) in [6, 6.07) is 13.1. The normalized spacial score (nSPS) is 10.4. The Hall–Kier alpha value is -1.80. The lowest BCUT2D eigenvalue weighted by atomic mass is 10.1. The third-order valence-corrected chi connectivity index (χ3v) is 3.82. The molecule has 0 aliphatic rings. The summed E-state index contributed by atoms with van der Waals surface area (Å²) in [6.07, 6.45) is 1.80. The Labute approximate surface area is 130 Å². The number of carbonyl (C=O) groups is 1. The van der Waals surface area contributed by atoms with Gasteiger partial charge < -0.3 is 4.74 Å². The van der Waals surface area contributed by atoms with Gasteiger partial charge in [0.2, 0.25) is 0 Å². The van der Waals surface area contributed by atoms with Gasteiger partial charge in [0.1, 0.15) is 5.75 Å². The molecule has 2 rings (SSSR count). The van der Waals surface area contributed by atoms with Crippen LogP contribution in [0.2, 0.25) is 5.02 Å². The molecular formula is C18H19ClO2. The molecule has 21 heavy (non-hydrogen) atoms. The lowest BCUT2D eigenvalue weighted by molar-refractivity contribution is 0.0921. The third kappa shape index (κ3) is 4.08. The molecule has 0 heterocycles. The van der Waals surface area contributed by atoms with Gasteiger partial charge in [-0.25, -0.2) is 0 Å². The molecule has 0 fully saturated rings. The van der Waals surface area contributed by atoms with E-state index in [4.69, 9.17) is 16.3 Å². The first-order valence-electron chi connectivity index (χ1n) is 7.17. The van der Waals surface area contributed by atoms with Crippen molar-refractivity contribution in [3.05, 3.63) is 64.2 Å². The number of aryl methyl sites for hydroxylation is 2. The Balaban J connectivity index is 2.00. The van der Waals surface area contributed by atoms with E-state index in [1.54, 1.807) is 12.1 Å². The standard InChI is InChI=1S/C18H19ClO2/c1-3-13-5-7-15(8-6-13)18(20)12-21-16-9-10-17(19)14(4-2)11-16/h5-11H,3-4,12H2,1-2H3. The van der Waals surface area contributed by atoms with Gasteiger partial charge in [-0.15, -0.1) is 0 Å². The van der Waals surface area contributed by atoms with Gasteiger partial charge in [0.25, 0.3) is 0 Å². The first-order valence-corrected chi connectivity index (χ1v) is 7.55. The Morgan fingerprint density at radius 1 is 1.05 bits per heavy atom. The van der Waals surface area contributed by atoms with Crippen molar-refractivity contribution in [3.63, 3.8) is 0 Å². The number of ketones is 1. The first-order chi connectivity index (χ1) is 10.1. The second kappa shape index (κ2) is 7.28. The molecule has 0 aliphatic heterocycles. The van der Waals surface area contributed by atoms with Gasteiger partial charge in [-0.2, -0.15) is 0 Å². The molecule has 0 unspecified atom stereocenters. The molecule has 0 saturated carbocycles. The summed E-state index contributed by atoms with van der Waals surface area (Å²) >= 11 is 6.06. The predicted molar refractivity (Wildman–Crippen MR) is 86.5 cm³/mol. The maximum atomic E-state index is 12.1. The Bertz CT molecular complexity index is 618. The second-order valence-electron chi connectivity index (χ2n) is 4.87. The number of rotatable bonds is 6. The fourth-order valence-corrected chi connectivity index (χ4v) is 2.32. The van der Waals surface area contributed by atoms with E-state index in [0.717, 1.165) is 23.4 Å². The predicted octanol–water partition coefficient (Wildman–Crippen LogP) is 4.73. The van der Waals surface area contributed by atoms with Gasteiger partial charge in [-0.1, -0.05) is 49.7 Å². The van der Waals surface area contributed by atoms with E-state index in [2.05, 4.69) is 6.92 Å². The van der Waals surface area contributed by atoms with Crippen LogP contribution in [0.1, 0.15) is 35.3 Å². The summed E-state index contributed by atoms with van der Waals surface area (Å²) < 4.78 is 5.57. The molecule has 0 atom stereocenters. The number of carbonyl (C=O) groups excluding carboxylic acids is 1. The molecule has 0 saturated heterocycles. The van der Waals surface area contributed by atoms with Gasteiger partial charge in [0.15, 0.2) is 12.4 Å².